The molecular formula is C48H73NO3. The van der Waals surface area contributed by atoms with E-state index in [-0.39, 0.29) is 23.0 Å². The lowest BCUT2D eigenvalue weighted by Crippen LogP contribution is -2.28. The summed E-state index contributed by atoms with van der Waals surface area (Å²) in [5.41, 5.74) is 18.1. The van der Waals surface area contributed by atoms with Gasteiger partial charge in [-0.3, -0.25) is 9.59 Å². The van der Waals surface area contributed by atoms with Crippen molar-refractivity contribution < 1.29 is 14.3 Å². The Kier molecular flexibility index (Phi) is 23.3. The highest BCUT2D eigenvalue weighted by atomic mass is 16.5. The van der Waals surface area contributed by atoms with Crippen molar-refractivity contribution in [1.29, 1.82) is 0 Å². The monoisotopic (exact) mass is 712 g/mol. The Balaban J connectivity index is 2.32. The molecule has 1 aliphatic rings. The van der Waals surface area contributed by atoms with Gasteiger partial charge in [0, 0.05) is 11.1 Å². The number of carbonyl (C=O) groups excluding carboxylic acids is 2. The van der Waals surface area contributed by atoms with Crippen LogP contribution in [0.2, 0.25) is 0 Å². The first-order chi connectivity index (χ1) is 24.7. The van der Waals surface area contributed by atoms with Crippen LogP contribution < -0.4 is 5.73 Å². The smallest absolute Gasteiger partial charge is 0.226 e. The van der Waals surface area contributed by atoms with Gasteiger partial charge in [0.2, 0.25) is 11.6 Å². The van der Waals surface area contributed by atoms with Gasteiger partial charge in [0.15, 0.2) is 5.76 Å². The van der Waals surface area contributed by atoms with E-state index in [2.05, 4.69) is 105 Å². The zero-order chi connectivity index (χ0) is 39.1. The second-order valence-corrected chi connectivity index (χ2v) is 15.3. The first kappa shape index (κ1) is 46.4. The fraction of sp³-hybridized carbons (Fsp3) is 0.542. The molecular weight excluding hydrogens is 639 g/mol. The number of Topliss-reactive ketones (excluding diaryl/α,β-unsaturated/α-hetero) is 2. The lowest BCUT2D eigenvalue weighted by molar-refractivity contribution is -0.118. The Morgan fingerprint density at radius 2 is 0.769 bits per heavy atom. The van der Waals surface area contributed by atoms with Gasteiger partial charge in [0.1, 0.15) is 5.70 Å². The summed E-state index contributed by atoms with van der Waals surface area (Å²) in [4.78, 5) is 25.1. The number of hydrogen-bond acceptors (Lipinski definition) is 4. The lowest BCUT2D eigenvalue weighted by atomic mass is 9.90. The number of ketones is 2. The minimum atomic E-state index is -0.318. The first-order valence-electron chi connectivity index (χ1n) is 19.7. The summed E-state index contributed by atoms with van der Waals surface area (Å²) in [6, 6.07) is 0. The van der Waals surface area contributed by atoms with Crippen LogP contribution in [0, 0.1) is 0 Å². The van der Waals surface area contributed by atoms with E-state index in [1.807, 2.05) is 6.08 Å². The summed E-state index contributed by atoms with van der Waals surface area (Å²) in [5, 5.41) is 0. The van der Waals surface area contributed by atoms with E-state index in [4.69, 9.17) is 10.5 Å². The van der Waals surface area contributed by atoms with Crippen molar-refractivity contribution in [2.24, 2.45) is 5.73 Å². The van der Waals surface area contributed by atoms with Crippen LogP contribution in [0.25, 0.3) is 0 Å². The van der Waals surface area contributed by atoms with Crippen LogP contribution in [0.1, 0.15) is 166 Å². The van der Waals surface area contributed by atoms with Gasteiger partial charge in [-0.15, -0.1) is 0 Å². The van der Waals surface area contributed by atoms with Crippen LogP contribution in [0.15, 0.2) is 116 Å². The van der Waals surface area contributed by atoms with E-state index in [0.717, 1.165) is 77.0 Å². The first-order valence-corrected chi connectivity index (χ1v) is 19.7. The number of nitrogens with two attached hydrogens (primary N) is 1. The minimum Gasteiger partial charge on any atom is -0.491 e. The molecule has 0 aromatic heterocycles. The number of methoxy groups -OCH3 is 1. The molecule has 0 radical (unpaired) electrons. The maximum Gasteiger partial charge on any atom is 0.226 e. The van der Waals surface area contributed by atoms with Crippen LogP contribution in [0.3, 0.4) is 0 Å². The maximum atomic E-state index is 12.7. The van der Waals surface area contributed by atoms with Gasteiger partial charge in [-0.05, 0) is 166 Å². The summed E-state index contributed by atoms with van der Waals surface area (Å²) in [7, 11) is 1.37. The third-order valence-corrected chi connectivity index (χ3v) is 9.90. The molecule has 1 aliphatic carbocycles. The quantitative estimate of drug-likeness (QED) is 0.0799. The van der Waals surface area contributed by atoms with Crippen molar-refractivity contribution in [3.05, 3.63) is 116 Å². The topological polar surface area (TPSA) is 69.4 Å². The third-order valence-electron chi connectivity index (χ3n) is 9.90. The Morgan fingerprint density at radius 3 is 1.06 bits per heavy atom. The second-order valence-electron chi connectivity index (χ2n) is 15.3. The molecule has 4 nitrogen and oxygen atoms in total. The summed E-state index contributed by atoms with van der Waals surface area (Å²) in [6.07, 6.45) is 34.7. The number of ether oxygens (including phenoxy) is 1. The Bertz CT molecular complexity index is 1510. The van der Waals surface area contributed by atoms with E-state index >= 15 is 0 Å². The molecule has 4 heteroatoms. The van der Waals surface area contributed by atoms with E-state index < -0.39 is 0 Å². The van der Waals surface area contributed by atoms with Gasteiger partial charge >= 0.3 is 0 Å². The molecule has 1 rings (SSSR count). The van der Waals surface area contributed by atoms with E-state index in [9.17, 15) is 9.59 Å². The van der Waals surface area contributed by atoms with Crippen LogP contribution >= 0.6 is 0 Å². The summed E-state index contributed by atoms with van der Waals surface area (Å²) < 4.78 is 5.10. The Morgan fingerprint density at radius 1 is 0.481 bits per heavy atom. The minimum absolute atomic E-state index is 0.0411. The van der Waals surface area contributed by atoms with Gasteiger partial charge in [-0.25, -0.2) is 0 Å². The molecule has 2 N–H and O–H groups in total. The van der Waals surface area contributed by atoms with Crippen molar-refractivity contribution >= 4 is 11.6 Å². The fourth-order valence-electron chi connectivity index (χ4n) is 6.18. The highest BCUT2D eigenvalue weighted by Gasteiger charge is 2.31. The Hall–Kier alpha value is -3.66. The van der Waals surface area contributed by atoms with E-state index in [1.54, 1.807) is 6.92 Å². The average molecular weight is 712 g/mol. The summed E-state index contributed by atoms with van der Waals surface area (Å²) in [5.74, 6) is -0.646. The SMILES string of the molecule is COC1=C(N)C(=O)C(C)=C(CC=C(C)CCC=C(C)CCC=C(C)CCC=C(C)CCC=C(C)CCC=C(C)CCC=C(C)CCC=C(C)C)C1=O. The third kappa shape index (κ3) is 19.8. The van der Waals surface area contributed by atoms with Crippen LogP contribution in [0.5, 0.6) is 0 Å². The van der Waals surface area contributed by atoms with E-state index in [0.29, 0.717) is 17.6 Å². The maximum absolute atomic E-state index is 12.7. The van der Waals surface area contributed by atoms with Crippen LogP contribution in [0.4, 0.5) is 0 Å². The molecule has 0 bridgehead atoms. The molecule has 52 heavy (non-hydrogen) atoms. The number of rotatable bonds is 24. The van der Waals surface area contributed by atoms with Gasteiger partial charge in [0.05, 0.1) is 7.11 Å². The van der Waals surface area contributed by atoms with Gasteiger partial charge in [0.25, 0.3) is 0 Å². The van der Waals surface area contributed by atoms with Crippen molar-refractivity contribution in [3.63, 3.8) is 0 Å². The molecule has 0 aliphatic heterocycles. The highest BCUT2D eigenvalue weighted by Crippen LogP contribution is 2.26. The van der Waals surface area contributed by atoms with Crippen molar-refractivity contribution in [3.8, 4) is 0 Å². The molecule has 0 spiro atoms. The summed E-state index contributed by atoms with van der Waals surface area (Å²) in [6.45, 7) is 21.7. The van der Waals surface area contributed by atoms with Gasteiger partial charge in [-0.2, -0.15) is 0 Å². The number of carbonyl (C=O) groups is 2. The van der Waals surface area contributed by atoms with Crippen molar-refractivity contribution in [2.75, 3.05) is 7.11 Å². The predicted octanol–water partition coefficient (Wildman–Crippen LogP) is 13.7. The predicted molar refractivity (Wildman–Crippen MR) is 226 cm³/mol. The van der Waals surface area contributed by atoms with Crippen LogP contribution in [-0.4, -0.2) is 18.7 Å². The molecule has 288 valence electrons. The molecule has 0 unspecified atom stereocenters. The zero-order valence-electron chi connectivity index (χ0n) is 35.0. The van der Waals surface area contributed by atoms with Crippen molar-refractivity contribution in [1.82, 2.24) is 0 Å². The number of allylic oxidation sites excluding steroid dienone is 18. The molecule has 0 amide bonds. The van der Waals surface area contributed by atoms with Crippen LogP contribution in [-0.2, 0) is 14.3 Å². The summed E-state index contributed by atoms with van der Waals surface area (Å²) >= 11 is 0. The number of hydrogen-bond donors (Lipinski definition) is 1. The Labute approximate surface area is 319 Å². The van der Waals surface area contributed by atoms with Crippen molar-refractivity contribution in [2.45, 2.75) is 166 Å². The molecule has 0 heterocycles. The van der Waals surface area contributed by atoms with Gasteiger partial charge < -0.3 is 10.5 Å². The largest absolute Gasteiger partial charge is 0.491 e. The van der Waals surface area contributed by atoms with Gasteiger partial charge in [-0.1, -0.05) is 93.2 Å². The lowest BCUT2D eigenvalue weighted by Gasteiger charge is -2.18. The normalized spacial score (nSPS) is 16.0. The molecule has 0 aromatic rings. The fourth-order valence-corrected chi connectivity index (χ4v) is 6.18. The highest BCUT2D eigenvalue weighted by molar-refractivity contribution is 6.23. The van der Waals surface area contributed by atoms with E-state index in [1.165, 1.54) is 64.5 Å². The standard InChI is InChI=1S/C48H73NO3/c1-35(2)19-12-20-36(3)21-13-22-37(4)23-14-24-38(5)25-15-26-39(6)27-16-28-40(7)29-17-30-41(8)31-18-32-42(9)33-34-44-43(10)46(50)45(49)48(52-11)47(44)51/h19,21,23,25,27,29,31,33H,12-18,20,22,24,26,28,30,32,34,49H2,1-11H3. The zero-order valence-corrected chi connectivity index (χ0v) is 35.0. The molecule has 0 fully saturated rings. The molecule has 0 aromatic carbocycles. The molecule has 0 saturated heterocycles. The molecule has 0 saturated carbocycles. The second kappa shape index (κ2) is 26.2. The molecule has 0 atom stereocenters. The average Bonchev–Trinajstić information content (AvgIpc) is 3.07.